The van der Waals surface area contributed by atoms with Crippen LogP contribution < -0.4 is 0 Å². The topological polar surface area (TPSA) is 50.5 Å². The van der Waals surface area contributed by atoms with Crippen LogP contribution in [0.3, 0.4) is 0 Å². The zero-order chi connectivity index (χ0) is 17.1. The van der Waals surface area contributed by atoms with Crippen LogP contribution in [0.1, 0.15) is 33.4 Å². The molecule has 0 radical (unpaired) electrons. The van der Waals surface area contributed by atoms with E-state index in [9.17, 15) is 9.59 Å². The molecule has 3 rings (SSSR count). The lowest BCUT2D eigenvalue weighted by molar-refractivity contribution is 0.0754. The SMILES string of the molecule is CC(=O)c1ccc(-c2ccc(C(=O)N(C)Cc3ccsc3)o2)cc1. The van der Waals surface area contributed by atoms with Crippen molar-refractivity contribution in [3.63, 3.8) is 0 Å². The molecule has 5 heteroatoms. The molecular formula is C19H17NO3S. The van der Waals surface area contributed by atoms with Gasteiger partial charge in [0.1, 0.15) is 5.76 Å². The number of benzene rings is 1. The second-order valence-corrected chi connectivity index (χ2v) is 6.37. The summed E-state index contributed by atoms with van der Waals surface area (Å²) in [5.41, 5.74) is 2.58. The number of furan rings is 1. The molecule has 0 aliphatic rings. The van der Waals surface area contributed by atoms with E-state index in [1.807, 2.05) is 29.0 Å². The van der Waals surface area contributed by atoms with Gasteiger partial charge in [-0.3, -0.25) is 9.59 Å². The fourth-order valence-electron chi connectivity index (χ4n) is 2.39. The number of carbonyl (C=O) groups is 2. The first-order valence-electron chi connectivity index (χ1n) is 7.52. The van der Waals surface area contributed by atoms with Gasteiger partial charge in [-0.25, -0.2) is 0 Å². The molecule has 4 nitrogen and oxygen atoms in total. The van der Waals surface area contributed by atoms with Crippen molar-refractivity contribution in [1.82, 2.24) is 4.90 Å². The number of hydrogen-bond donors (Lipinski definition) is 0. The second kappa shape index (κ2) is 6.84. The van der Waals surface area contributed by atoms with Crippen LogP contribution in [-0.2, 0) is 6.54 Å². The molecule has 0 saturated heterocycles. The van der Waals surface area contributed by atoms with Gasteiger partial charge in [-0.2, -0.15) is 11.3 Å². The highest BCUT2D eigenvalue weighted by Crippen LogP contribution is 2.23. The summed E-state index contributed by atoms with van der Waals surface area (Å²) in [5.74, 6) is 0.774. The molecule has 1 aromatic carbocycles. The molecular weight excluding hydrogens is 322 g/mol. The number of amides is 1. The van der Waals surface area contributed by atoms with Gasteiger partial charge in [-0.1, -0.05) is 24.3 Å². The maximum absolute atomic E-state index is 12.4. The molecule has 0 spiro atoms. The van der Waals surface area contributed by atoms with E-state index < -0.39 is 0 Å². The van der Waals surface area contributed by atoms with Crippen LogP contribution >= 0.6 is 11.3 Å². The molecule has 1 amide bonds. The quantitative estimate of drug-likeness (QED) is 0.644. The molecule has 0 atom stereocenters. The third kappa shape index (κ3) is 3.46. The Morgan fingerprint density at radius 1 is 1.08 bits per heavy atom. The average Bonchev–Trinajstić information content (AvgIpc) is 3.26. The van der Waals surface area contributed by atoms with Crippen LogP contribution in [0.4, 0.5) is 0 Å². The standard InChI is InChI=1S/C19H17NO3S/c1-13(21)15-3-5-16(6-4-15)17-7-8-18(23-17)19(22)20(2)11-14-9-10-24-12-14/h3-10,12H,11H2,1-2H3. The summed E-state index contributed by atoms with van der Waals surface area (Å²) in [6.07, 6.45) is 0. The number of rotatable bonds is 5. The molecule has 0 aliphatic carbocycles. The van der Waals surface area contributed by atoms with Crippen molar-refractivity contribution in [2.75, 3.05) is 7.05 Å². The van der Waals surface area contributed by atoms with Crippen LogP contribution in [-0.4, -0.2) is 23.6 Å². The maximum atomic E-state index is 12.4. The van der Waals surface area contributed by atoms with E-state index in [1.165, 1.54) is 6.92 Å². The summed E-state index contributed by atoms with van der Waals surface area (Å²) in [4.78, 5) is 25.4. The van der Waals surface area contributed by atoms with E-state index in [-0.39, 0.29) is 11.7 Å². The Morgan fingerprint density at radius 2 is 1.83 bits per heavy atom. The lowest BCUT2D eigenvalue weighted by Crippen LogP contribution is -2.25. The van der Waals surface area contributed by atoms with E-state index in [4.69, 9.17) is 4.42 Å². The monoisotopic (exact) mass is 339 g/mol. The Kier molecular flexibility index (Phi) is 4.62. The molecule has 0 fully saturated rings. The van der Waals surface area contributed by atoms with Crippen molar-refractivity contribution in [2.24, 2.45) is 0 Å². The van der Waals surface area contributed by atoms with Crippen molar-refractivity contribution in [3.05, 3.63) is 70.1 Å². The van der Waals surface area contributed by atoms with E-state index in [2.05, 4.69) is 0 Å². The van der Waals surface area contributed by atoms with Crippen LogP contribution in [0.5, 0.6) is 0 Å². The highest BCUT2D eigenvalue weighted by Gasteiger charge is 2.17. The summed E-state index contributed by atoms with van der Waals surface area (Å²) in [6.45, 7) is 2.08. The third-order valence-corrected chi connectivity index (χ3v) is 4.47. The average molecular weight is 339 g/mol. The summed E-state index contributed by atoms with van der Waals surface area (Å²) in [7, 11) is 1.75. The number of carbonyl (C=O) groups excluding carboxylic acids is 2. The van der Waals surface area contributed by atoms with Gasteiger partial charge in [-0.05, 0) is 41.4 Å². The Hall–Kier alpha value is -2.66. The number of Topliss-reactive ketones (excluding diaryl/α,β-unsaturated/α-hetero) is 1. The molecule has 0 aliphatic heterocycles. The Labute approximate surface area is 144 Å². The summed E-state index contributed by atoms with van der Waals surface area (Å²) < 4.78 is 5.70. The predicted molar refractivity (Wildman–Crippen MR) is 94.3 cm³/mol. The summed E-state index contributed by atoms with van der Waals surface area (Å²) in [6, 6.07) is 12.6. The molecule has 0 N–H and O–H groups in total. The molecule has 0 unspecified atom stereocenters. The minimum atomic E-state index is -0.159. The first kappa shape index (κ1) is 16.2. The summed E-state index contributed by atoms with van der Waals surface area (Å²) in [5, 5.41) is 4.01. The van der Waals surface area contributed by atoms with Gasteiger partial charge in [0, 0.05) is 24.7 Å². The van der Waals surface area contributed by atoms with Crippen molar-refractivity contribution >= 4 is 23.0 Å². The maximum Gasteiger partial charge on any atom is 0.289 e. The van der Waals surface area contributed by atoms with Crippen molar-refractivity contribution < 1.29 is 14.0 Å². The van der Waals surface area contributed by atoms with Crippen LogP contribution in [0.15, 0.2) is 57.6 Å². The molecule has 122 valence electrons. The van der Waals surface area contributed by atoms with Gasteiger partial charge in [0.25, 0.3) is 5.91 Å². The van der Waals surface area contributed by atoms with Crippen molar-refractivity contribution in [2.45, 2.75) is 13.5 Å². The molecule has 24 heavy (non-hydrogen) atoms. The largest absolute Gasteiger partial charge is 0.451 e. The fourth-order valence-corrected chi connectivity index (χ4v) is 3.05. The van der Waals surface area contributed by atoms with E-state index >= 15 is 0 Å². The molecule has 0 saturated carbocycles. The first-order chi connectivity index (χ1) is 11.5. The molecule has 0 bridgehead atoms. The second-order valence-electron chi connectivity index (χ2n) is 5.59. The minimum absolute atomic E-state index is 0.0203. The molecule has 2 aromatic heterocycles. The number of thiophene rings is 1. The van der Waals surface area contributed by atoms with Gasteiger partial charge in [0.2, 0.25) is 0 Å². The Balaban J connectivity index is 1.74. The zero-order valence-corrected chi connectivity index (χ0v) is 14.3. The fraction of sp³-hybridized carbons (Fsp3) is 0.158. The Morgan fingerprint density at radius 3 is 2.46 bits per heavy atom. The smallest absolute Gasteiger partial charge is 0.289 e. The van der Waals surface area contributed by atoms with Crippen LogP contribution in [0.2, 0.25) is 0 Å². The van der Waals surface area contributed by atoms with E-state index in [1.54, 1.807) is 47.5 Å². The van der Waals surface area contributed by atoms with Crippen molar-refractivity contribution in [3.8, 4) is 11.3 Å². The highest BCUT2D eigenvalue weighted by molar-refractivity contribution is 7.07. The third-order valence-electron chi connectivity index (χ3n) is 3.74. The van der Waals surface area contributed by atoms with Crippen LogP contribution in [0, 0.1) is 0 Å². The minimum Gasteiger partial charge on any atom is -0.451 e. The summed E-state index contributed by atoms with van der Waals surface area (Å²) >= 11 is 1.61. The van der Waals surface area contributed by atoms with Gasteiger partial charge in [0.15, 0.2) is 11.5 Å². The molecule has 3 aromatic rings. The van der Waals surface area contributed by atoms with E-state index in [0.29, 0.717) is 23.6 Å². The highest BCUT2D eigenvalue weighted by atomic mass is 32.1. The van der Waals surface area contributed by atoms with Crippen molar-refractivity contribution in [1.29, 1.82) is 0 Å². The van der Waals surface area contributed by atoms with Gasteiger partial charge < -0.3 is 9.32 Å². The Bertz CT molecular complexity index is 847. The lowest BCUT2D eigenvalue weighted by atomic mass is 10.1. The first-order valence-corrected chi connectivity index (χ1v) is 8.46. The number of hydrogen-bond acceptors (Lipinski definition) is 4. The number of nitrogens with zero attached hydrogens (tertiary/aromatic N) is 1. The molecule has 2 heterocycles. The predicted octanol–water partition coefficient (Wildman–Crippen LogP) is 4.48. The van der Waals surface area contributed by atoms with Gasteiger partial charge >= 0.3 is 0 Å². The van der Waals surface area contributed by atoms with Gasteiger partial charge in [-0.15, -0.1) is 0 Å². The van der Waals surface area contributed by atoms with Crippen LogP contribution in [0.25, 0.3) is 11.3 Å². The zero-order valence-electron chi connectivity index (χ0n) is 13.5. The lowest BCUT2D eigenvalue weighted by Gasteiger charge is -2.14. The van der Waals surface area contributed by atoms with E-state index in [0.717, 1.165) is 11.1 Å². The number of ketones is 1. The normalized spacial score (nSPS) is 10.6. The van der Waals surface area contributed by atoms with Gasteiger partial charge in [0.05, 0.1) is 0 Å².